The fraction of sp³-hybridized carbons (Fsp3) is 0.462. The van der Waals surface area contributed by atoms with Crippen molar-refractivity contribution in [2.45, 2.75) is 66.7 Å². The zero-order chi connectivity index (χ0) is 21.6. The minimum Gasteiger partial charge on any atom is -0.469 e. The van der Waals surface area contributed by atoms with Crippen LogP contribution < -0.4 is 0 Å². The summed E-state index contributed by atoms with van der Waals surface area (Å²) in [5.41, 5.74) is 7.90. The summed E-state index contributed by atoms with van der Waals surface area (Å²) in [5, 5.41) is 0. The quantitative estimate of drug-likeness (QED) is 0.384. The first-order valence-electron chi connectivity index (χ1n) is 10.6. The topological polar surface area (TPSA) is 43.4 Å². The second kappa shape index (κ2) is 10.4. The van der Waals surface area contributed by atoms with Crippen molar-refractivity contribution in [2.24, 2.45) is 5.92 Å². The first-order chi connectivity index (χ1) is 13.8. The predicted molar refractivity (Wildman–Crippen MR) is 120 cm³/mol. The molecule has 2 rings (SSSR count). The molecule has 1 aliphatic carbocycles. The van der Waals surface area contributed by atoms with E-state index in [1.165, 1.54) is 23.8 Å². The van der Waals surface area contributed by atoms with Crippen molar-refractivity contribution in [2.75, 3.05) is 7.11 Å². The van der Waals surface area contributed by atoms with Gasteiger partial charge in [-0.1, -0.05) is 38.1 Å². The van der Waals surface area contributed by atoms with Crippen LogP contribution in [0, 0.1) is 19.8 Å². The van der Waals surface area contributed by atoms with Gasteiger partial charge in [0.05, 0.1) is 7.11 Å². The lowest BCUT2D eigenvalue weighted by molar-refractivity contribution is -0.140. The summed E-state index contributed by atoms with van der Waals surface area (Å²) in [6.07, 6.45) is 7.93. The highest BCUT2D eigenvalue weighted by Crippen LogP contribution is 2.36. The zero-order valence-electron chi connectivity index (χ0n) is 18.7. The van der Waals surface area contributed by atoms with E-state index in [4.69, 9.17) is 4.74 Å². The molecule has 3 heteroatoms. The normalized spacial score (nSPS) is 17.2. The minimum atomic E-state index is -0.164. The van der Waals surface area contributed by atoms with Crippen LogP contribution in [0.25, 0.3) is 5.57 Å². The Morgan fingerprint density at radius 2 is 1.83 bits per heavy atom. The fourth-order valence-electron chi connectivity index (χ4n) is 4.10. The summed E-state index contributed by atoms with van der Waals surface area (Å²) in [6.45, 7) is 10.4. The number of allylic oxidation sites excluding steroid dienone is 6. The molecule has 1 aliphatic rings. The highest BCUT2D eigenvalue weighted by Gasteiger charge is 2.21. The Labute approximate surface area is 175 Å². The van der Waals surface area contributed by atoms with Gasteiger partial charge in [0.15, 0.2) is 5.78 Å². The molecule has 3 nitrogen and oxygen atoms in total. The zero-order valence-corrected chi connectivity index (χ0v) is 18.7. The van der Waals surface area contributed by atoms with E-state index in [1.54, 1.807) is 0 Å². The van der Waals surface area contributed by atoms with Crippen LogP contribution in [-0.4, -0.2) is 18.9 Å². The SMILES string of the molecule is CCC(=O)/C(=C\C1=C(C)C(CCCC(=O)OC)=CCC1C)c1c(C)cccc1C. The number of benzene rings is 1. The third-order valence-corrected chi connectivity index (χ3v) is 5.89. The van der Waals surface area contributed by atoms with Gasteiger partial charge in [-0.2, -0.15) is 0 Å². The molecule has 1 aromatic rings. The van der Waals surface area contributed by atoms with Gasteiger partial charge < -0.3 is 4.74 Å². The molecule has 0 heterocycles. The first-order valence-corrected chi connectivity index (χ1v) is 10.6. The van der Waals surface area contributed by atoms with E-state index in [1.807, 2.05) is 13.0 Å². The summed E-state index contributed by atoms with van der Waals surface area (Å²) in [7, 11) is 1.43. The molecule has 1 atom stereocenters. The Morgan fingerprint density at radius 3 is 2.41 bits per heavy atom. The fourth-order valence-corrected chi connectivity index (χ4v) is 4.10. The average molecular weight is 395 g/mol. The molecule has 1 unspecified atom stereocenters. The molecule has 0 amide bonds. The van der Waals surface area contributed by atoms with Gasteiger partial charge in [-0.3, -0.25) is 9.59 Å². The molecule has 0 aliphatic heterocycles. The van der Waals surface area contributed by atoms with Crippen LogP contribution in [0.2, 0.25) is 0 Å². The summed E-state index contributed by atoms with van der Waals surface area (Å²) in [4.78, 5) is 24.3. The maximum absolute atomic E-state index is 12.9. The first kappa shape index (κ1) is 22.9. The smallest absolute Gasteiger partial charge is 0.305 e. The lowest BCUT2D eigenvalue weighted by Crippen LogP contribution is -2.11. The molecule has 1 aromatic carbocycles. The molecule has 156 valence electrons. The van der Waals surface area contributed by atoms with Crippen LogP contribution in [0.1, 0.15) is 69.6 Å². The van der Waals surface area contributed by atoms with Gasteiger partial charge in [0.25, 0.3) is 0 Å². The van der Waals surface area contributed by atoms with Crippen molar-refractivity contribution in [3.63, 3.8) is 0 Å². The van der Waals surface area contributed by atoms with Crippen molar-refractivity contribution in [1.29, 1.82) is 0 Å². The van der Waals surface area contributed by atoms with Gasteiger partial charge in [0.1, 0.15) is 0 Å². The van der Waals surface area contributed by atoms with Gasteiger partial charge in [0, 0.05) is 18.4 Å². The number of hydrogen-bond donors (Lipinski definition) is 0. The number of rotatable bonds is 8. The monoisotopic (exact) mass is 394 g/mol. The van der Waals surface area contributed by atoms with Crippen LogP contribution in [0.5, 0.6) is 0 Å². The Morgan fingerprint density at radius 1 is 1.17 bits per heavy atom. The number of aryl methyl sites for hydroxylation is 2. The standard InChI is InChI=1S/C26H34O3/c1-7-24(27)23(26-18(3)10-8-11-19(26)4)16-22-17(2)14-15-21(20(22)5)12-9-13-25(28)29-6/h8,10-11,15-17H,7,9,12-14H2,1-6H3/b23-16+. The Balaban J connectivity index is 2.44. The third kappa shape index (κ3) is 5.56. The molecule has 0 bridgehead atoms. The molecule has 29 heavy (non-hydrogen) atoms. The summed E-state index contributed by atoms with van der Waals surface area (Å²) in [5.74, 6) is 0.377. The number of ketones is 1. The van der Waals surface area contributed by atoms with Crippen LogP contribution in [-0.2, 0) is 14.3 Å². The van der Waals surface area contributed by atoms with E-state index in [9.17, 15) is 9.59 Å². The van der Waals surface area contributed by atoms with Gasteiger partial charge in [-0.05, 0) is 85.4 Å². The van der Waals surface area contributed by atoms with Crippen molar-refractivity contribution in [3.8, 4) is 0 Å². The number of ether oxygens (including phenoxy) is 1. The van der Waals surface area contributed by atoms with Crippen LogP contribution in [0.3, 0.4) is 0 Å². The van der Waals surface area contributed by atoms with E-state index in [0.717, 1.165) is 41.5 Å². The number of methoxy groups -OCH3 is 1. The highest BCUT2D eigenvalue weighted by molar-refractivity contribution is 6.21. The minimum absolute atomic E-state index is 0.164. The average Bonchev–Trinajstić information content (AvgIpc) is 2.70. The largest absolute Gasteiger partial charge is 0.469 e. The second-order valence-corrected chi connectivity index (χ2v) is 7.98. The summed E-state index contributed by atoms with van der Waals surface area (Å²) in [6, 6.07) is 6.18. The number of carbonyl (C=O) groups excluding carboxylic acids is 2. The Hall–Kier alpha value is -2.42. The van der Waals surface area contributed by atoms with Gasteiger partial charge in [0.2, 0.25) is 0 Å². The summed E-state index contributed by atoms with van der Waals surface area (Å²) < 4.78 is 4.75. The van der Waals surface area contributed by atoms with Crippen LogP contribution >= 0.6 is 0 Å². The number of Topliss-reactive ketones (excluding diaryl/α,β-unsaturated/α-hetero) is 1. The van der Waals surface area contributed by atoms with Crippen LogP contribution in [0.4, 0.5) is 0 Å². The van der Waals surface area contributed by atoms with E-state index in [2.05, 4.69) is 52.0 Å². The molecule has 0 saturated carbocycles. The predicted octanol–water partition coefficient (Wildman–Crippen LogP) is 6.29. The molecular weight excluding hydrogens is 360 g/mol. The maximum Gasteiger partial charge on any atom is 0.305 e. The number of esters is 1. The molecule has 0 saturated heterocycles. The molecule has 0 aromatic heterocycles. The lowest BCUT2D eigenvalue weighted by Gasteiger charge is -2.24. The number of hydrogen-bond acceptors (Lipinski definition) is 3. The van der Waals surface area contributed by atoms with E-state index in [0.29, 0.717) is 18.8 Å². The Bertz CT molecular complexity index is 848. The molecular formula is C26H34O3. The van der Waals surface area contributed by atoms with Crippen molar-refractivity contribution < 1.29 is 14.3 Å². The molecule has 0 spiro atoms. The maximum atomic E-state index is 12.9. The molecule has 0 radical (unpaired) electrons. The Kier molecular flexibility index (Phi) is 8.19. The van der Waals surface area contributed by atoms with Crippen molar-refractivity contribution in [3.05, 3.63) is 63.8 Å². The van der Waals surface area contributed by atoms with E-state index in [-0.39, 0.29) is 11.8 Å². The summed E-state index contributed by atoms with van der Waals surface area (Å²) >= 11 is 0. The van der Waals surface area contributed by atoms with Gasteiger partial charge >= 0.3 is 5.97 Å². The second-order valence-electron chi connectivity index (χ2n) is 7.98. The number of carbonyl (C=O) groups is 2. The lowest BCUT2D eigenvalue weighted by atomic mass is 9.80. The van der Waals surface area contributed by atoms with Crippen molar-refractivity contribution in [1.82, 2.24) is 0 Å². The van der Waals surface area contributed by atoms with Crippen LogP contribution in [0.15, 0.2) is 47.1 Å². The highest BCUT2D eigenvalue weighted by atomic mass is 16.5. The van der Waals surface area contributed by atoms with Gasteiger partial charge in [-0.25, -0.2) is 0 Å². The van der Waals surface area contributed by atoms with Crippen molar-refractivity contribution >= 4 is 17.3 Å². The molecule has 0 fully saturated rings. The van der Waals surface area contributed by atoms with Gasteiger partial charge in [-0.15, -0.1) is 0 Å². The molecule has 0 N–H and O–H groups in total. The van der Waals surface area contributed by atoms with E-state index >= 15 is 0 Å². The van der Waals surface area contributed by atoms with E-state index < -0.39 is 0 Å². The third-order valence-electron chi connectivity index (χ3n) is 5.89.